The molecule has 0 saturated carbocycles. The maximum absolute atomic E-state index is 17.2. The highest BCUT2D eigenvalue weighted by molar-refractivity contribution is 6.11. The molecule has 0 fully saturated rings. The minimum absolute atomic E-state index is 0.424. The van der Waals surface area contributed by atoms with Crippen molar-refractivity contribution in [3.8, 4) is 11.3 Å². The van der Waals surface area contributed by atoms with Gasteiger partial charge in [-0.25, -0.2) is 9.37 Å². The van der Waals surface area contributed by atoms with Crippen LogP contribution in [0.15, 0.2) is 132 Å². The van der Waals surface area contributed by atoms with Gasteiger partial charge in [-0.05, 0) is 59.7 Å². The van der Waals surface area contributed by atoms with E-state index < -0.39 is 11.6 Å². The lowest BCUT2D eigenvalue weighted by atomic mass is 9.72. The fraction of sp³-hybridized carbons (Fsp3) is 0.105. The number of halogens is 1. The molecule has 0 spiro atoms. The van der Waals surface area contributed by atoms with E-state index in [-0.39, 0.29) is 0 Å². The quantitative estimate of drug-likeness (QED) is 0.214. The van der Waals surface area contributed by atoms with Crippen LogP contribution in [0.2, 0.25) is 0 Å². The Morgan fingerprint density at radius 2 is 1.51 bits per heavy atom. The van der Waals surface area contributed by atoms with Crippen molar-refractivity contribution in [1.29, 1.82) is 0 Å². The molecule has 4 nitrogen and oxygen atoms in total. The van der Waals surface area contributed by atoms with Crippen LogP contribution in [-0.2, 0) is 5.41 Å². The maximum Gasteiger partial charge on any atom is 0.151 e. The molecular weight excluding hydrogens is 533 g/mol. The van der Waals surface area contributed by atoms with Crippen LogP contribution in [0.3, 0.4) is 0 Å². The molecular formula is C38H28FN3O. The van der Waals surface area contributed by atoms with E-state index in [1.165, 1.54) is 0 Å². The van der Waals surface area contributed by atoms with E-state index in [1.807, 2.05) is 97.1 Å². The highest BCUT2D eigenvalue weighted by Gasteiger charge is 2.41. The number of pyridine rings is 2. The van der Waals surface area contributed by atoms with Crippen molar-refractivity contribution in [2.45, 2.75) is 25.4 Å². The number of rotatable bonds is 4. The Hall–Kier alpha value is -5.29. The molecule has 1 aliphatic heterocycles. The van der Waals surface area contributed by atoms with Crippen molar-refractivity contribution in [2.24, 2.45) is 0 Å². The van der Waals surface area contributed by atoms with Gasteiger partial charge in [0.15, 0.2) is 6.17 Å². The summed E-state index contributed by atoms with van der Waals surface area (Å²) in [6.45, 7) is 4.44. The molecule has 8 rings (SSSR count). The molecule has 1 unspecified atom stereocenters. The van der Waals surface area contributed by atoms with E-state index in [0.29, 0.717) is 16.7 Å². The zero-order chi connectivity index (χ0) is 29.1. The molecule has 0 saturated heterocycles. The summed E-state index contributed by atoms with van der Waals surface area (Å²) >= 11 is 0. The molecule has 43 heavy (non-hydrogen) atoms. The molecule has 208 valence electrons. The average molecular weight is 562 g/mol. The fourth-order valence-corrected chi connectivity index (χ4v) is 6.66. The molecule has 0 aliphatic carbocycles. The molecule has 7 aromatic rings. The molecule has 5 heteroatoms. The van der Waals surface area contributed by atoms with Crippen molar-refractivity contribution in [3.63, 3.8) is 0 Å². The van der Waals surface area contributed by atoms with Crippen LogP contribution in [0.5, 0.6) is 0 Å². The standard InChI is InChI=1S/C38H28FN3O/c1-38(2)28-15-4-5-17-30(28)42(33-19-8-10-21-41-33)31-23-27(34-26-14-3-6-18-32(26)43-37(34)35(31)38)36(39)25-13-11-12-24(22-25)29-16-7-9-20-40-29/h3-23,36H,1-2H3. The summed E-state index contributed by atoms with van der Waals surface area (Å²) < 4.78 is 23.9. The minimum atomic E-state index is -1.41. The SMILES string of the molecule is CC1(C)c2ccccc2N(c2ccccn2)c2cc(C(F)c3cccc(-c4ccccn4)c3)c3c(oc4ccccc43)c21. The summed E-state index contributed by atoms with van der Waals surface area (Å²) in [6, 6.07) is 37.6. The zero-order valence-corrected chi connectivity index (χ0v) is 23.8. The van der Waals surface area contributed by atoms with E-state index >= 15 is 4.39 Å². The van der Waals surface area contributed by atoms with Gasteiger partial charge in [-0.2, -0.15) is 0 Å². The first kappa shape index (κ1) is 25.4. The monoisotopic (exact) mass is 561 g/mol. The van der Waals surface area contributed by atoms with Crippen LogP contribution < -0.4 is 4.90 Å². The van der Waals surface area contributed by atoms with Gasteiger partial charge in [-0.1, -0.05) is 80.6 Å². The van der Waals surface area contributed by atoms with Gasteiger partial charge in [0.1, 0.15) is 17.0 Å². The number of para-hydroxylation sites is 2. The second kappa shape index (κ2) is 9.63. The second-order valence-corrected chi connectivity index (χ2v) is 11.5. The lowest BCUT2D eigenvalue weighted by Crippen LogP contribution is -2.31. The lowest BCUT2D eigenvalue weighted by molar-refractivity contribution is 0.404. The second-order valence-electron chi connectivity index (χ2n) is 11.5. The number of anilines is 3. The van der Waals surface area contributed by atoms with Gasteiger partial charge in [0.25, 0.3) is 0 Å². The van der Waals surface area contributed by atoms with Crippen LogP contribution in [0.25, 0.3) is 33.2 Å². The Balaban J connectivity index is 1.44. The van der Waals surface area contributed by atoms with Gasteiger partial charge < -0.3 is 4.42 Å². The molecule has 0 bridgehead atoms. The molecule has 1 aliphatic rings. The average Bonchev–Trinajstić information content (AvgIpc) is 3.44. The number of hydrogen-bond donors (Lipinski definition) is 0. The third-order valence-corrected chi connectivity index (χ3v) is 8.64. The first-order valence-corrected chi connectivity index (χ1v) is 14.5. The van der Waals surface area contributed by atoms with E-state index in [4.69, 9.17) is 9.40 Å². The third kappa shape index (κ3) is 3.88. The Bertz CT molecular complexity index is 2140. The van der Waals surface area contributed by atoms with E-state index in [0.717, 1.165) is 55.9 Å². The van der Waals surface area contributed by atoms with Gasteiger partial charge in [0.2, 0.25) is 0 Å². The third-order valence-electron chi connectivity index (χ3n) is 8.64. The van der Waals surface area contributed by atoms with Gasteiger partial charge >= 0.3 is 0 Å². The summed E-state index contributed by atoms with van der Waals surface area (Å²) in [5.41, 5.74) is 7.88. The summed E-state index contributed by atoms with van der Waals surface area (Å²) in [4.78, 5) is 11.4. The number of benzene rings is 4. The van der Waals surface area contributed by atoms with Crippen molar-refractivity contribution in [3.05, 3.63) is 150 Å². The van der Waals surface area contributed by atoms with Crippen LogP contribution in [0.4, 0.5) is 21.6 Å². The summed E-state index contributed by atoms with van der Waals surface area (Å²) in [7, 11) is 0. The number of nitrogens with zero attached hydrogens (tertiary/aromatic N) is 3. The van der Waals surface area contributed by atoms with E-state index in [2.05, 4.69) is 41.9 Å². The van der Waals surface area contributed by atoms with Gasteiger partial charge in [-0.3, -0.25) is 9.88 Å². The molecule has 1 atom stereocenters. The molecule has 0 N–H and O–H groups in total. The predicted octanol–water partition coefficient (Wildman–Crippen LogP) is 10.2. The molecule has 4 heterocycles. The Morgan fingerprint density at radius 1 is 0.744 bits per heavy atom. The van der Waals surface area contributed by atoms with E-state index in [9.17, 15) is 0 Å². The number of furan rings is 1. The number of fused-ring (bicyclic) bond motifs is 6. The Morgan fingerprint density at radius 3 is 2.33 bits per heavy atom. The Kier molecular flexibility index (Phi) is 5.70. The van der Waals surface area contributed by atoms with Crippen LogP contribution in [0.1, 0.15) is 42.3 Å². The van der Waals surface area contributed by atoms with Crippen LogP contribution in [0, 0.1) is 0 Å². The first-order chi connectivity index (χ1) is 21.0. The molecule has 0 radical (unpaired) electrons. The van der Waals surface area contributed by atoms with Gasteiger partial charge in [0.05, 0.1) is 17.1 Å². The number of hydrogen-bond acceptors (Lipinski definition) is 4. The number of aromatic nitrogens is 2. The van der Waals surface area contributed by atoms with Gasteiger partial charge in [0, 0.05) is 45.3 Å². The first-order valence-electron chi connectivity index (χ1n) is 14.5. The minimum Gasteiger partial charge on any atom is -0.456 e. The van der Waals surface area contributed by atoms with Gasteiger partial charge in [-0.15, -0.1) is 0 Å². The Labute approximate surface area is 249 Å². The molecule has 4 aromatic carbocycles. The summed E-state index contributed by atoms with van der Waals surface area (Å²) in [5, 5.41) is 1.70. The topological polar surface area (TPSA) is 42.2 Å². The van der Waals surface area contributed by atoms with Crippen molar-refractivity contribution >= 4 is 39.1 Å². The molecule has 3 aromatic heterocycles. The van der Waals surface area contributed by atoms with Crippen molar-refractivity contribution in [1.82, 2.24) is 9.97 Å². The smallest absolute Gasteiger partial charge is 0.151 e. The highest BCUT2D eigenvalue weighted by Crippen LogP contribution is 2.56. The van der Waals surface area contributed by atoms with Crippen molar-refractivity contribution < 1.29 is 8.81 Å². The summed E-state index contributed by atoms with van der Waals surface area (Å²) in [6.07, 6.45) is 2.13. The van der Waals surface area contributed by atoms with E-state index in [1.54, 1.807) is 12.4 Å². The van der Waals surface area contributed by atoms with Crippen molar-refractivity contribution in [2.75, 3.05) is 4.90 Å². The normalized spacial score (nSPS) is 14.4. The largest absolute Gasteiger partial charge is 0.456 e. The molecule has 0 amide bonds. The summed E-state index contributed by atoms with van der Waals surface area (Å²) in [5.74, 6) is 0.765. The van der Waals surface area contributed by atoms with Crippen LogP contribution >= 0.6 is 0 Å². The fourth-order valence-electron chi connectivity index (χ4n) is 6.66. The highest BCUT2D eigenvalue weighted by atomic mass is 19.1. The number of alkyl halides is 1. The van der Waals surface area contributed by atoms with Crippen LogP contribution in [-0.4, -0.2) is 9.97 Å². The zero-order valence-electron chi connectivity index (χ0n) is 23.8. The lowest BCUT2D eigenvalue weighted by Gasteiger charge is -2.41. The predicted molar refractivity (Wildman–Crippen MR) is 171 cm³/mol. The maximum atomic E-state index is 17.2.